The first kappa shape index (κ1) is 18.6. The Labute approximate surface area is 141 Å². The minimum absolute atomic E-state index is 0. The van der Waals surface area contributed by atoms with Gasteiger partial charge in [-0.1, -0.05) is 43.7 Å². The number of rotatable bonds is 5. The fourth-order valence-corrected chi connectivity index (χ4v) is 2.72. The van der Waals surface area contributed by atoms with Gasteiger partial charge in [0.15, 0.2) is 5.13 Å². The standard InChI is InChI=1S/C16H21N3OS.ClH/c1-10(2)8-13(17)15(20)19-16-18-14(9-21-16)12-6-4-11(3)5-7-12;/h4-7,9-10,13H,8,17H2,1-3H3,(H,18,19,20);1H/t13-;/m0./s1. The normalized spacial score (nSPS) is 11.9. The highest BCUT2D eigenvalue weighted by Gasteiger charge is 2.16. The number of nitrogens with zero attached hydrogens (tertiary/aromatic N) is 1. The van der Waals surface area contributed by atoms with Gasteiger partial charge in [0.25, 0.3) is 0 Å². The van der Waals surface area contributed by atoms with Crippen molar-refractivity contribution >= 4 is 34.8 Å². The Morgan fingerprint density at radius 3 is 2.55 bits per heavy atom. The van der Waals surface area contributed by atoms with Gasteiger partial charge in [-0.05, 0) is 19.3 Å². The first-order valence-electron chi connectivity index (χ1n) is 7.04. The Balaban J connectivity index is 0.00000242. The lowest BCUT2D eigenvalue weighted by Gasteiger charge is -2.12. The molecule has 120 valence electrons. The van der Waals surface area contributed by atoms with Gasteiger partial charge >= 0.3 is 0 Å². The molecule has 1 aromatic carbocycles. The molecule has 2 rings (SSSR count). The molecule has 4 nitrogen and oxygen atoms in total. The summed E-state index contributed by atoms with van der Waals surface area (Å²) < 4.78 is 0. The summed E-state index contributed by atoms with van der Waals surface area (Å²) in [5.41, 5.74) is 8.99. The molecule has 1 aromatic heterocycles. The van der Waals surface area contributed by atoms with E-state index in [1.807, 2.05) is 50.4 Å². The Bertz CT molecular complexity index is 610. The van der Waals surface area contributed by atoms with Crippen LogP contribution in [0.5, 0.6) is 0 Å². The van der Waals surface area contributed by atoms with Crippen molar-refractivity contribution in [3.8, 4) is 11.3 Å². The lowest BCUT2D eigenvalue weighted by Crippen LogP contribution is -2.36. The smallest absolute Gasteiger partial charge is 0.243 e. The Morgan fingerprint density at radius 1 is 1.32 bits per heavy atom. The van der Waals surface area contributed by atoms with Crippen LogP contribution in [0.15, 0.2) is 29.6 Å². The fraction of sp³-hybridized carbons (Fsp3) is 0.375. The van der Waals surface area contributed by atoms with Crippen LogP contribution in [0.25, 0.3) is 11.3 Å². The van der Waals surface area contributed by atoms with Gasteiger partial charge in [0.05, 0.1) is 11.7 Å². The third-order valence-electron chi connectivity index (χ3n) is 3.14. The van der Waals surface area contributed by atoms with E-state index in [0.717, 1.165) is 11.3 Å². The van der Waals surface area contributed by atoms with E-state index in [1.165, 1.54) is 16.9 Å². The number of aromatic nitrogens is 1. The summed E-state index contributed by atoms with van der Waals surface area (Å²) in [6.07, 6.45) is 0.669. The van der Waals surface area contributed by atoms with Gasteiger partial charge in [0, 0.05) is 10.9 Å². The molecule has 0 saturated heterocycles. The van der Waals surface area contributed by atoms with Gasteiger partial charge in [-0.3, -0.25) is 4.79 Å². The maximum Gasteiger partial charge on any atom is 0.243 e. The van der Waals surface area contributed by atoms with Crippen LogP contribution in [0.3, 0.4) is 0 Å². The molecular weight excluding hydrogens is 318 g/mol. The summed E-state index contributed by atoms with van der Waals surface area (Å²) >= 11 is 1.41. The highest BCUT2D eigenvalue weighted by Crippen LogP contribution is 2.25. The van der Waals surface area contributed by atoms with E-state index in [-0.39, 0.29) is 18.3 Å². The highest BCUT2D eigenvalue weighted by atomic mass is 35.5. The number of thiazole rings is 1. The topological polar surface area (TPSA) is 68.0 Å². The number of carbonyl (C=O) groups is 1. The minimum Gasteiger partial charge on any atom is -0.320 e. The van der Waals surface area contributed by atoms with E-state index in [4.69, 9.17) is 5.73 Å². The third-order valence-corrected chi connectivity index (χ3v) is 3.90. The average Bonchev–Trinajstić information content (AvgIpc) is 2.87. The molecule has 0 fully saturated rings. The molecule has 1 amide bonds. The summed E-state index contributed by atoms with van der Waals surface area (Å²) in [4.78, 5) is 16.4. The number of hydrogen-bond acceptors (Lipinski definition) is 4. The molecule has 3 N–H and O–H groups in total. The average molecular weight is 340 g/mol. The molecular formula is C16H22ClN3OS. The van der Waals surface area contributed by atoms with E-state index in [9.17, 15) is 4.79 Å². The van der Waals surface area contributed by atoms with Gasteiger partial charge in [-0.15, -0.1) is 23.7 Å². The van der Waals surface area contributed by atoms with Crippen LogP contribution in [0.1, 0.15) is 25.8 Å². The van der Waals surface area contributed by atoms with E-state index >= 15 is 0 Å². The van der Waals surface area contributed by atoms with Crippen molar-refractivity contribution in [3.05, 3.63) is 35.2 Å². The number of benzene rings is 1. The summed E-state index contributed by atoms with van der Waals surface area (Å²) in [7, 11) is 0. The Kier molecular flexibility index (Phi) is 7.00. The quantitative estimate of drug-likeness (QED) is 0.869. The number of halogens is 1. The fourth-order valence-electron chi connectivity index (χ4n) is 2.00. The molecule has 0 aliphatic carbocycles. The first-order valence-corrected chi connectivity index (χ1v) is 7.92. The van der Waals surface area contributed by atoms with Crippen molar-refractivity contribution in [2.45, 2.75) is 33.2 Å². The second kappa shape index (κ2) is 8.27. The number of carbonyl (C=O) groups excluding carboxylic acids is 1. The predicted molar refractivity (Wildman–Crippen MR) is 95.6 cm³/mol. The number of hydrogen-bond donors (Lipinski definition) is 2. The van der Waals surface area contributed by atoms with E-state index in [1.54, 1.807) is 0 Å². The van der Waals surface area contributed by atoms with E-state index in [0.29, 0.717) is 17.5 Å². The van der Waals surface area contributed by atoms with Gasteiger partial charge < -0.3 is 11.1 Å². The predicted octanol–water partition coefficient (Wildman–Crippen LogP) is 3.85. The van der Waals surface area contributed by atoms with Gasteiger partial charge in [0.1, 0.15) is 0 Å². The van der Waals surface area contributed by atoms with Gasteiger partial charge in [0.2, 0.25) is 5.91 Å². The first-order chi connectivity index (χ1) is 9.95. The van der Waals surface area contributed by atoms with Crippen molar-refractivity contribution in [3.63, 3.8) is 0 Å². The molecule has 0 spiro atoms. The van der Waals surface area contributed by atoms with Crippen LogP contribution in [-0.4, -0.2) is 16.9 Å². The van der Waals surface area contributed by atoms with Crippen molar-refractivity contribution in [1.82, 2.24) is 4.98 Å². The van der Waals surface area contributed by atoms with Gasteiger partial charge in [-0.2, -0.15) is 0 Å². The van der Waals surface area contributed by atoms with Gasteiger partial charge in [-0.25, -0.2) is 4.98 Å². The van der Waals surface area contributed by atoms with E-state index in [2.05, 4.69) is 10.3 Å². The monoisotopic (exact) mass is 339 g/mol. The molecule has 0 aliphatic heterocycles. The van der Waals surface area contributed by atoms with Crippen molar-refractivity contribution in [2.24, 2.45) is 11.7 Å². The largest absolute Gasteiger partial charge is 0.320 e. The lowest BCUT2D eigenvalue weighted by atomic mass is 10.0. The Morgan fingerprint density at radius 2 is 1.95 bits per heavy atom. The van der Waals surface area contributed by atoms with Crippen molar-refractivity contribution < 1.29 is 4.79 Å². The number of amides is 1. The maximum absolute atomic E-state index is 12.0. The molecule has 0 unspecified atom stereocenters. The molecule has 6 heteroatoms. The molecule has 1 atom stereocenters. The zero-order valence-electron chi connectivity index (χ0n) is 13.0. The zero-order valence-corrected chi connectivity index (χ0v) is 14.6. The van der Waals surface area contributed by atoms with Crippen LogP contribution >= 0.6 is 23.7 Å². The molecule has 0 aliphatic rings. The number of nitrogens with two attached hydrogens (primary N) is 1. The highest BCUT2D eigenvalue weighted by molar-refractivity contribution is 7.14. The molecule has 22 heavy (non-hydrogen) atoms. The molecule has 0 saturated carbocycles. The summed E-state index contributed by atoms with van der Waals surface area (Å²) in [5.74, 6) is 0.221. The summed E-state index contributed by atoms with van der Waals surface area (Å²) in [6, 6.07) is 7.66. The molecule has 1 heterocycles. The summed E-state index contributed by atoms with van der Waals surface area (Å²) in [5, 5.41) is 5.32. The maximum atomic E-state index is 12.0. The number of anilines is 1. The number of nitrogens with one attached hydrogen (secondary N) is 1. The van der Waals surface area contributed by atoms with Crippen LogP contribution in [0, 0.1) is 12.8 Å². The Hall–Kier alpha value is -1.43. The van der Waals surface area contributed by atoms with E-state index < -0.39 is 6.04 Å². The zero-order chi connectivity index (χ0) is 15.4. The summed E-state index contributed by atoms with van der Waals surface area (Å²) in [6.45, 7) is 6.14. The lowest BCUT2D eigenvalue weighted by molar-refractivity contribution is -0.117. The molecule has 0 radical (unpaired) electrons. The second-order valence-electron chi connectivity index (χ2n) is 5.63. The van der Waals surface area contributed by atoms with Crippen molar-refractivity contribution in [2.75, 3.05) is 5.32 Å². The SMILES string of the molecule is Cc1ccc(-c2csc(NC(=O)[C@@H](N)CC(C)C)n2)cc1.Cl. The number of aryl methyl sites for hydroxylation is 1. The second-order valence-corrected chi connectivity index (χ2v) is 6.49. The van der Waals surface area contributed by atoms with Crippen molar-refractivity contribution in [1.29, 1.82) is 0 Å². The minimum atomic E-state index is -0.489. The van der Waals surface area contributed by atoms with Crippen LogP contribution in [0.4, 0.5) is 5.13 Å². The molecule has 2 aromatic rings. The van der Waals surface area contributed by atoms with Crippen LogP contribution in [-0.2, 0) is 4.79 Å². The van der Waals surface area contributed by atoms with Crippen LogP contribution < -0.4 is 11.1 Å². The molecule has 0 bridgehead atoms. The van der Waals surface area contributed by atoms with Crippen LogP contribution in [0.2, 0.25) is 0 Å². The third kappa shape index (κ3) is 5.09.